The summed E-state index contributed by atoms with van der Waals surface area (Å²) in [6, 6.07) is 14.0. The molecule has 9 heteroatoms. The Morgan fingerprint density at radius 3 is 2.59 bits per heavy atom. The van der Waals surface area contributed by atoms with Crippen LogP contribution in [-0.4, -0.2) is 30.1 Å². The van der Waals surface area contributed by atoms with Gasteiger partial charge in [-0.1, -0.05) is 29.3 Å². The predicted octanol–water partition coefficient (Wildman–Crippen LogP) is 5.85. The zero-order chi connectivity index (χ0) is 24.2. The molecular weight excluding hydrogens is 484 g/mol. The van der Waals surface area contributed by atoms with Gasteiger partial charge < -0.3 is 19.9 Å². The van der Waals surface area contributed by atoms with E-state index in [0.29, 0.717) is 58.4 Å². The molecule has 0 saturated heterocycles. The van der Waals surface area contributed by atoms with E-state index in [1.807, 2.05) is 0 Å². The molecule has 3 aromatic carbocycles. The molecule has 3 aromatic rings. The Hall–Kier alpha value is -3.29. The van der Waals surface area contributed by atoms with Gasteiger partial charge in [0.2, 0.25) is 0 Å². The molecule has 1 unspecified atom stereocenters. The van der Waals surface area contributed by atoms with Crippen LogP contribution in [0.1, 0.15) is 33.8 Å². The van der Waals surface area contributed by atoms with Crippen LogP contribution in [0.15, 0.2) is 54.6 Å². The molecule has 1 atom stereocenters. The highest BCUT2D eigenvalue weighted by Gasteiger charge is 2.29. The number of carbonyl (C=O) groups excluding carboxylic acids is 1. The number of amides is 1. The largest absolute Gasteiger partial charge is 0.493 e. The number of rotatable bonds is 7. The summed E-state index contributed by atoms with van der Waals surface area (Å²) < 4.78 is 25.3. The first-order chi connectivity index (χ1) is 16.3. The molecule has 1 aliphatic rings. The first kappa shape index (κ1) is 23.9. The Kier molecular flexibility index (Phi) is 7.24. The van der Waals surface area contributed by atoms with E-state index >= 15 is 0 Å². The van der Waals surface area contributed by atoms with Gasteiger partial charge in [-0.3, -0.25) is 9.59 Å². The van der Waals surface area contributed by atoms with Crippen LogP contribution in [0.5, 0.6) is 17.2 Å². The van der Waals surface area contributed by atoms with Gasteiger partial charge in [0.15, 0.2) is 0 Å². The summed E-state index contributed by atoms with van der Waals surface area (Å²) >= 11 is 12.1. The van der Waals surface area contributed by atoms with Crippen molar-refractivity contribution < 1.29 is 28.6 Å². The van der Waals surface area contributed by atoms with E-state index in [2.05, 4.69) is 5.32 Å². The quantitative estimate of drug-likeness (QED) is 0.422. The zero-order valence-corrected chi connectivity index (χ0v) is 19.3. The number of aliphatic carboxylic acids is 1. The lowest BCUT2D eigenvalue weighted by Gasteiger charge is -2.24. The fraction of sp³-hybridized carbons (Fsp3) is 0.200. The van der Waals surface area contributed by atoms with Gasteiger partial charge in [0.1, 0.15) is 23.1 Å². The van der Waals surface area contributed by atoms with Crippen molar-refractivity contribution in [3.63, 3.8) is 0 Å². The maximum absolute atomic E-state index is 13.8. The van der Waals surface area contributed by atoms with Crippen molar-refractivity contribution >= 4 is 35.1 Å². The Bertz CT molecular complexity index is 1230. The molecule has 176 valence electrons. The molecule has 4 rings (SSSR count). The zero-order valence-electron chi connectivity index (χ0n) is 17.8. The standard InChI is InChI=1S/C25H20Cl2FNO5/c26-16-4-1-14(21(28)11-16)7-9-29-24(30)15-2-5-17(6-3-15)34-23-13-22-19(12-20(23)27)18(25(31)32)8-10-33-22/h1-6,11-13,18H,7-10H2,(H,29,30)(H,31,32). The molecule has 1 amide bonds. The number of ether oxygens (including phenoxy) is 2. The second kappa shape index (κ2) is 10.3. The summed E-state index contributed by atoms with van der Waals surface area (Å²) in [5.41, 5.74) is 1.39. The summed E-state index contributed by atoms with van der Waals surface area (Å²) in [6.45, 7) is 0.553. The van der Waals surface area contributed by atoms with Gasteiger partial charge in [-0.05, 0) is 60.9 Å². The van der Waals surface area contributed by atoms with E-state index in [1.54, 1.807) is 48.5 Å². The highest BCUT2D eigenvalue weighted by molar-refractivity contribution is 6.32. The molecule has 0 bridgehead atoms. The minimum Gasteiger partial charge on any atom is -0.493 e. The number of halogens is 3. The maximum Gasteiger partial charge on any atom is 0.311 e. The van der Waals surface area contributed by atoms with E-state index in [0.717, 1.165) is 0 Å². The van der Waals surface area contributed by atoms with Gasteiger partial charge in [0.05, 0.1) is 17.5 Å². The van der Waals surface area contributed by atoms with E-state index in [4.69, 9.17) is 32.7 Å². The first-order valence-corrected chi connectivity index (χ1v) is 11.3. The number of nitrogens with one attached hydrogen (secondary N) is 1. The average Bonchev–Trinajstić information content (AvgIpc) is 2.81. The number of carbonyl (C=O) groups is 2. The Labute approximate surface area is 205 Å². The highest BCUT2D eigenvalue weighted by Crippen LogP contribution is 2.41. The number of fused-ring (bicyclic) bond motifs is 1. The molecule has 1 aliphatic heterocycles. The maximum atomic E-state index is 13.8. The molecule has 0 aliphatic carbocycles. The smallest absolute Gasteiger partial charge is 0.311 e. The molecule has 0 fully saturated rings. The van der Waals surface area contributed by atoms with E-state index in [-0.39, 0.29) is 17.5 Å². The Morgan fingerprint density at radius 2 is 1.88 bits per heavy atom. The van der Waals surface area contributed by atoms with Crippen molar-refractivity contribution in [3.05, 3.63) is 87.2 Å². The van der Waals surface area contributed by atoms with Crippen LogP contribution in [0.2, 0.25) is 10.0 Å². The lowest BCUT2D eigenvalue weighted by molar-refractivity contribution is -0.139. The van der Waals surface area contributed by atoms with E-state index in [9.17, 15) is 19.1 Å². The van der Waals surface area contributed by atoms with E-state index in [1.165, 1.54) is 6.07 Å². The fourth-order valence-electron chi connectivity index (χ4n) is 3.66. The normalized spacial score (nSPS) is 14.6. The highest BCUT2D eigenvalue weighted by atomic mass is 35.5. The van der Waals surface area contributed by atoms with Crippen LogP contribution in [-0.2, 0) is 11.2 Å². The summed E-state index contributed by atoms with van der Waals surface area (Å²) in [6.07, 6.45) is 0.703. The average molecular weight is 504 g/mol. The van der Waals surface area contributed by atoms with Gasteiger partial charge in [-0.2, -0.15) is 0 Å². The van der Waals surface area contributed by atoms with Gasteiger partial charge in [-0.15, -0.1) is 0 Å². The molecule has 0 saturated carbocycles. The summed E-state index contributed by atoms with van der Waals surface area (Å²) in [4.78, 5) is 23.9. The van der Waals surface area contributed by atoms with Crippen molar-refractivity contribution in [1.82, 2.24) is 5.32 Å². The second-order valence-corrected chi connectivity index (χ2v) is 8.56. The van der Waals surface area contributed by atoms with Crippen molar-refractivity contribution in [1.29, 1.82) is 0 Å². The molecule has 0 radical (unpaired) electrons. The number of hydrogen-bond acceptors (Lipinski definition) is 4. The molecule has 6 nitrogen and oxygen atoms in total. The number of hydrogen-bond donors (Lipinski definition) is 2. The predicted molar refractivity (Wildman–Crippen MR) is 126 cm³/mol. The summed E-state index contributed by atoms with van der Waals surface area (Å²) in [7, 11) is 0. The third kappa shape index (κ3) is 5.43. The Balaban J connectivity index is 1.38. The monoisotopic (exact) mass is 503 g/mol. The van der Waals surface area contributed by atoms with Crippen LogP contribution in [0.3, 0.4) is 0 Å². The number of benzene rings is 3. The number of carboxylic acid groups (broad SMARTS) is 1. The van der Waals surface area contributed by atoms with Crippen molar-refractivity contribution in [2.24, 2.45) is 0 Å². The lowest BCUT2D eigenvalue weighted by Crippen LogP contribution is -2.25. The van der Waals surface area contributed by atoms with Gasteiger partial charge in [0, 0.05) is 28.8 Å². The van der Waals surface area contributed by atoms with Crippen molar-refractivity contribution in [3.8, 4) is 17.2 Å². The van der Waals surface area contributed by atoms with E-state index < -0.39 is 17.7 Å². The van der Waals surface area contributed by atoms with Gasteiger partial charge in [-0.25, -0.2) is 4.39 Å². The third-order valence-corrected chi connectivity index (χ3v) is 5.97. The summed E-state index contributed by atoms with van der Waals surface area (Å²) in [5, 5.41) is 12.7. The molecule has 0 aromatic heterocycles. The van der Waals surface area contributed by atoms with Crippen LogP contribution in [0.25, 0.3) is 0 Å². The van der Waals surface area contributed by atoms with Crippen LogP contribution >= 0.6 is 23.2 Å². The van der Waals surface area contributed by atoms with Crippen molar-refractivity contribution in [2.75, 3.05) is 13.2 Å². The minimum atomic E-state index is -0.929. The summed E-state index contributed by atoms with van der Waals surface area (Å²) in [5.74, 6) is -1.15. The van der Waals surface area contributed by atoms with Gasteiger partial charge >= 0.3 is 5.97 Å². The van der Waals surface area contributed by atoms with Gasteiger partial charge in [0.25, 0.3) is 5.91 Å². The molecule has 0 spiro atoms. The molecule has 34 heavy (non-hydrogen) atoms. The van der Waals surface area contributed by atoms with Crippen LogP contribution in [0, 0.1) is 5.82 Å². The van der Waals surface area contributed by atoms with Crippen LogP contribution < -0.4 is 14.8 Å². The molecular formula is C25H20Cl2FNO5. The Morgan fingerprint density at radius 1 is 1.12 bits per heavy atom. The number of carboxylic acids is 1. The minimum absolute atomic E-state index is 0.256. The van der Waals surface area contributed by atoms with Crippen molar-refractivity contribution in [2.45, 2.75) is 18.8 Å². The topological polar surface area (TPSA) is 84.9 Å². The SMILES string of the molecule is O=C(NCCc1ccc(Cl)cc1F)c1ccc(Oc2cc3c(cc2Cl)C(C(=O)O)CCO3)cc1. The fourth-order valence-corrected chi connectivity index (χ4v) is 4.03. The first-order valence-electron chi connectivity index (χ1n) is 10.5. The second-order valence-electron chi connectivity index (χ2n) is 7.72. The lowest BCUT2D eigenvalue weighted by atomic mass is 9.93. The molecule has 2 N–H and O–H groups in total. The third-order valence-electron chi connectivity index (χ3n) is 5.44. The van der Waals surface area contributed by atoms with Crippen LogP contribution in [0.4, 0.5) is 4.39 Å². The molecule has 1 heterocycles.